The molecule has 31 heavy (non-hydrogen) atoms. The van der Waals surface area contributed by atoms with Gasteiger partial charge in [-0.3, -0.25) is 4.79 Å². The van der Waals surface area contributed by atoms with Gasteiger partial charge in [-0.05, 0) is 49.6 Å². The van der Waals surface area contributed by atoms with E-state index >= 15 is 0 Å². The third-order valence-corrected chi connectivity index (χ3v) is 5.90. The molecule has 2 N–H and O–H groups in total. The van der Waals surface area contributed by atoms with Crippen molar-refractivity contribution in [3.05, 3.63) is 65.4 Å². The van der Waals surface area contributed by atoms with Crippen molar-refractivity contribution < 1.29 is 22.7 Å². The van der Waals surface area contributed by atoms with Gasteiger partial charge in [0.25, 0.3) is 11.8 Å². The molecule has 0 spiro atoms. The van der Waals surface area contributed by atoms with E-state index in [0.29, 0.717) is 41.2 Å². The average molecular weight is 426 g/mol. The number of furan rings is 1. The first-order chi connectivity index (χ1) is 15.0. The number of halogens is 2. The maximum atomic E-state index is 14.3. The lowest BCUT2D eigenvalue weighted by molar-refractivity contribution is -0.0487. The van der Waals surface area contributed by atoms with Gasteiger partial charge in [0.15, 0.2) is 0 Å². The molecular formula is C24H24F2N2O3. The number of hydrogen-bond acceptors (Lipinski definition) is 4. The number of amides is 1. The first-order valence-electron chi connectivity index (χ1n) is 10.6. The molecule has 5 nitrogen and oxygen atoms in total. The molecule has 2 fully saturated rings. The van der Waals surface area contributed by atoms with Crippen LogP contribution < -0.4 is 15.4 Å². The Kier molecular flexibility index (Phi) is 5.14. The minimum atomic E-state index is -2.99. The van der Waals surface area contributed by atoms with Crippen molar-refractivity contribution in [3.8, 4) is 5.75 Å². The number of carbonyl (C=O) groups excluding carboxylic acids is 1. The fraction of sp³-hybridized carbons (Fsp3) is 0.375. The van der Waals surface area contributed by atoms with Crippen LogP contribution in [0, 0.1) is 0 Å². The lowest BCUT2D eigenvalue weighted by Crippen LogP contribution is -2.57. The highest BCUT2D eigenvalue weighted by molar-refractivity contribution is 6.08. The second-order valence-electron chi connectivity index (χ2n) is 8.30. The molecule has 1 unspecified atom stereocenters. The van der Waals surface area contributed by atoms with Gasteiger partial charge in [0.2, 0.25) is 0 Å². The summed E-state index contributed by atoms with van der Waals surface area (Å²) in [6.07, 6.45) is 2.04. The molecule has 7 heteroatoms. The smallest absolute Gasteiger partial charge is 0.280 e. The van der Waals surface area contributed by atoms with Gasteiger partial charge in [0.1, 0.15) is 23.7 Å². The van der Waals surface area contributed by atoms with Gasteiger partial charge >= 0.3 is 0 Å². The van der Waals surface area contributed by atoms with Crippen LogP contribution in [-0.2, 0) is 6.61 Å². The standard InChI is InChI=1S/C24H24F2N2O3/c25-24(26)14-27-11-10-20(24)28-23(29)21-18-12-17(30-13-15-4-2-1-3-5-15)8-9-19(18)31-22(21)16-6-7-16/h1-5,8-9,12,16,20,27H,6-7,10-11,13-14H2,(H,28,29). The molecule has 0 bridgehead atoms. The Morgan fingerprint density at radius 2 is 1.97 bits per heavy atom. The number of piperidine rings is 1. The summed E-state index contributed by atoms with van der Waals surface area (Å²) < 4.78 is 40.4. The summed E-state index contributed by atoms with van der Waals surface area (Å²) in [5.74, 6) is -2.15. The van der Waals surface area contributed by atoms with Crippen LogP contribution >= 0.6 is 0 Å². The zero-order chi connectivity index (χ0) is 21.4. The van der Waals surface area contributed by atoms with Crippen LogP contribution in [0.3, 0.4) is 0 Å². The number of hydrogen-bond donors (Lipinski definition) is 2. The van der Waals surface area contributed by atoms with Crippen LogP contribution in [0.25, 0.3) is 11.0 Å². The van der Waals surface area contributed by atoms with E-state index in [1.165, 1.54) is 0 Å². The summed E-state index contributed by atoms with van der Waals surface area (Å²) in [4.78, 5) is 13.2. The van der Waals surface area contributed by atoms with Crippen LogP contribution in [-0.4, -0.2) is 31.0 Å². The molecule has 1 saturated carbocycles. The van der Waals surface area contributed by atoms with Crippen LogP contribution in [0.4, 0.5) is 8.78 Å². The highest BCUT2D eigenvalue weighted by Crippen LogP contribution is 2.45. The number of ether oxygens (including phenoxy) is 1. The Hall–Kier alpha value is -2.93. The van der Waals surface area contributed by atoms with Crippen LogP contribution in [0.2, 0.25) is 0 Å². The van der Waals surface area contributed by atoms with Crippen molar-refractivity contribution >= 4 is 16.9 Å². The molecule has 1 atom stereocenters. The van der Waals surface area contributed by atoms with E-state index in [4.69, 9.17) is 9.15 Å². The maximum Gasteiger partial charge on any atom is 0.280 e. The molecule has 1 saturated heterocycles. The molecule has 1 aromatic heterocycles. The predicted molar refractivity (Wildman–Crippen MR) is 113 cm³/mol. The molecule has 2 heterocycles. The summed E-state index contributed by atoms with van der Waals surface area (Å²) in [5, 5.41) is 5.85. The van der Waals surface area contributed by atoms with E-state index in [0.717, 1.165) is 18.4 Å². The van der Waals surface area contributed by atoms with Crippen molar-refractivity contribution in [2.45, 2.75) is 43.8 Å². The first-order valence-corrected chi connectivity index (χ1v) is 10.6. The van der Waals surface area contributed by atoms with E-state index in [9.17, 15) is 13.6 Å². The van der Waals surface area contributed by atoms with E-state index < -0.39 is 24.4 Å². The molecule has 1 aliphatic heterocycles. The number of nitrogens with one attached hydrogen (secondary N) is 2. The topological polar surface area (TPSA) is 63.5 Å². The highest BCUT2D eigenvalue weighted by atomic mass is 19.3. The zero-order valence-electron chi connectivity index (χ0n) is 17.0. The summed E-state index contributed by atoms with van der Waals surface area (Å²) in [6.45, 7) is 0.402. The Morgan fingerprint density at radius 1 is 1.16 bits per heavy atom. The number of carbonyl (C=O) groups is 1. The third-order valence-electron chi connectivity index (χ3n) is 5.90. The third kappa shape index (κ3) is 4.14. The van der Waals surface area contributed by atoms with E-state index in [1.807, 2.05) is 30.3 Å². The molecule has 5 rings (SSSR count). The number of benzene rings is 2. The zero-order valence-corrected chi connectivity index (χ0v) is 17.0. The maximum absolute atomic E-state index is 14.3. The minimum absolute atomic E-state index is 0.162. The molecule has 162 valence electrons. The molecule has 2 aromatic carbocycles. The van der Waals surface area contributed by atoms with Crippen molar-refractivity contribution in [2.24, 2.45) is 0 Å². The van der Waals surface area contributed by atoms with Gasteiger partial charge in [-0.25, -0.2) is 8.78 Å². The molecule has 1 aliphatic carbocycles. The van der Waals surface area contributed by atoms with Gasteiger partial charge in [-0.15, -0.1) is 0 Å². The van der Waals surface area contributed by atoms with Gasteiger partial charge in [0.05, 0.1) is 18.2 Å². The van der Waals surface area contributed by atoms with Gasteiger partial charge < -0.3 is 19.8 Å². The van der Waals surface area contributed by atoms with Crippen LogP contribution in [0.1, 0.15) is 46.9 Å². The average Bonchev–Trinajstić information content (AvgIpc) is 3.54. The Morgan fingerprint density at radius 3 is 2.71 bits per heavy atom. The van der Waals surface area contributed by atoms with E-state index in [2.05, 4.69) is 10.6 Å². The Labute approximate surface area is 178 Å². The van der Waals surface area contributed by atoms with Crippen molar-refractivity contribution in [1.29, 1.82) is 0 Å². The highest BCUT2D eigenvalue weighted by Gasteiger charge is 2.43. The number of alkyl halides is 2. The number of fused-ring (bicyclic) bond motifs is 1. The molecule has 1 amide bonds. The lowest BCUT2D eigenvalue weighted by atomic mass is 10.0. The van der Waals surface area contributed by atoms with Crippen molar-refractivity contribution in [2.75, 3.05) is 13.1 Å². The van der Waals surface area contributed by atoms with Crippen LogP contribution in [0.15, 0.2) is 52.9 Å². The van der Waals surface area contributed by atoms with Gasteiger partial charge in [0, 0.05) is 11.3 Å². The van der Waals surface area contributed by atoms with E-state index in [-0.39, 0.29) is 12.3 Å². The predicted octanol–water partition coefficient (Wildman–Crippen LogP) is 4.62. The summed E-state index contributed by atoms with van der Waals surface area (Å²) in [7, 11) is 0. The van der Waals surface area contributed by atoms with E-state index in [1.54, 1.807) is 18.2 Å². The Bertz CT molecular complexity index is 1090. The first kappa shape index (κ1) is 20.0. The second kappa shape index (κ2) is 7.96. The largest absolute Gasteiger partial charge is 0.489 e. The SMILES string of the molecule is O=C(NC1CCNCC1(F)F)c1c(C2CC2)oc2ccc(OCc3ccccc3)cc12. The quantitative estimate of drug-likeness (QED) is 0.604. The fourth-order valence-electron chi connectivity index (χ4n) is 4.04. The molecule has 3 aromatic rings. The van der Waals surface area contributed by atoms with Crippen LogP contribution in [0.5, 0.6) is 5.75 Å². The van der Waals surface area contributed by atoms with Gasteiger partial charge in [-0.2, -0.15) is 0 Å². The number of rotatable bonds is 6. The molecular weight excluding hydrogens is 402 g/mol. The fourth-order valence-corrected chi connectivity index (χ4v) is 4.04. The second-order valence-corrected chi connectivity index (χ2v) is 8.30. The minimum Gasteiger partial charge on any atom is -0.489 e. The summed E-state index contributed by atoms with van der Waals surface area (Å²) in [6, 6.07) is 13.9. The monoisotopic (exact) mass is 426 g/mol. The normalized spacial score (nSPS) is 20.5. The van der Waals surface area contributed by atoms with Gasteiger partial charge in [-0.1, -0.05) is 30.3 Å². The summed E-state index contributed by atoms with van der Waals surface area (Å²) >= 11 is 0. The van der Waals surface area contributed by atoms with Crippen molar-refractivity contribution in [3.63, 3.8) is 0 Å². The molecule has 0 radical (unpaired) electrons. The summed E-state index contributed by atoms with van der Waals surface area (Å²) in [5.41, 5.74) is 1.95. The lowest BCUT2D eigenvalue weighted by Gasteiger charge is -2.32. The van der Waals surface area contributed by atoms with Crippen molar-refractivity contribution in [1.82, 2.24) is 10.6 Å². The molecule has 2 aliphatic rings. The Balaban J connectivity index is 1.44.